The zero-order chi connectivity index (χ0) is 21.8. The van der Waals surface area contributed by atoms with Gasteiger partial charge < -0.3 is 14.6 Å². The lowest BCUT2D eigenvalue weighted by Crippen LogP contribution is -2.38. The fourth-order valence-corrected chi connectivity index (χ4v) is 3.89. The number of hydrogen-bond acceptors (Lipinski definition) is 6. The number of ether oxygens (including phenoxy) is 1. The number of carbonyl (C=O) groups is 1. The summed E-state index contributed by atoms with van der Waals surface area (Å²) in [4.78, 5) is 42.9. The van der Waals surface area contributed by atoms with Gasteiger partial charge in [-0.15, -0.1) is 11.3 Å². The van der Waals surface area contributed by atoms with E-state index in [-0.39, 0.29) is 30.4 Å². The summed E-state index contributed by atoms with van der Waals surface area (Å²) < 4.78 is 8.00. The predicted molar refractivity (Wildman–Crippen MR) is 119 cm³/mol. The lowest BCUT2D eigenvalue weighted by molar-refractivity contribution is -0.116. The average molecular weight is 436 g/mol. The van der Waals surface area contributed by atoms with Crippen molar-refractivity contribution in [2.45, 2.75) is 20.0 Å². The molecule has 0 saturated heterocycles. The molecule has 0 unspecified atom stereocenters. The van der Waals surface area contributed by atoms with Crippen molar-refractivity contribution < 1.29 is 9.53 Å². The third kappa shape index (κ3) is 4.56. The molecule has 1 aromatic carbocycles. The number of thiophene rings is 1. The molecule has 0 aliphatic carbocycles. The van der Waals surface area contributed by atoms with E-state index in [4.69, 9.17) is 4.74 Å². The first kappa shape index (κ1) is 20.5. The number of pyridine rings is 1. The second-order valence-electron chi connectivity index (χ2n) is 6.74. The summed E-state index contributed by atoms with van der Waals surface area (Å²) >= 11 is 1.46. The van der Waals surface area contributed by atoms with Crippen molar-refractivity contribution in [2.75, 3.05) is 11.9 Å². The number of fused-ring (bicyclic) bond motifs is 1. The van der Waals surface area contributed by atoms with E-state index in [2.05, 4.69) is 10.3 Å². The second kappa shape index (κ2) is 8.97. The summed E-state index contributed by atoms with van der Waals surface area (Å²) in [5.41, 5.74) is -0.167. The van der Waals surface area contributed by atoms with Crippen molar-refractivity contribution in [3.8, 4) is 17.1 Å². The van der Waals surface area contributed by atoms with Crippen LogP contribution in [0.25, 0.3) is 11.4 Å². The Morgan fingerprint density at radius 1 is 1.13 bits per heavy atom. The molecule has 0 spiro atoms. The van der Waals surface area contributed by atoms with Gasteiger partial charge in [-0.05, 0) is 54.8 Å². The fourth-order valence-electron chi connectivity index (χ4n) is 3.20. The zero-order valence-corrected chi connectivity index (χ0v) is 17.6. The topological polar surface area (TPSA) is 95.2 Å². The number of nitrogens with one attached hydrogen (secondary N) is 1. The van der Waals surface area contributed by atoms with Gasteiger partial charge in [0.15, 0.2) is 5.82 Å². The third-order valence-electron chi connectivity index (χ3n) is 4.61. The maximum absolute atomic E-state index is 12.9. The van der Waals surface area contributed by atoms with Crippen LogP contribution in [0.4, 0.5) is 5.69 Å². The maximum atomic E-state index is 12.9. The number of amides is 1. The van der Waals surface area contributed by atoms with Crippen LogP contribution in [0.5, 0.6) is 5.75 Å². The van der Waals surface area contributed by atoms with Crippen LogP contribution < -0.4 is 21.3 Å². The van der Waals surface area contributed by atoms with Crippen LogP contribution in [-0.4, -0.2) is 26.6 Å². The van der Waals surface area contributed by atoms with E-state index >= 15 is 0 Å². The Labute approximate surface area is 181 Å². The number of aromatic nitrogens is 3. The van der Waals surface area contributed by atoms with Crippen LogP contribution in [0.3, 0.4) is 0 Å². The predicted octanol–water partition coefficient (Wildman–Crippen LogP) is 2.66. The summed E-state index contributed by atoms with van der Waals surface area (Å²) in [6.07, 6.45) is 1.62. The number of anilines is 1. The van der Waals surface area contributed by atoms with Crippen LogP contribution in [0.15, 0.2) is 69.7 Å². The highest BCUT2D eigenvalue weighted by Crippen LogP contribution is 2.17. The molecule has 3 heterocycles. The molecule has 2 aliphatic rings. The number of hydrogen-bond donors (Lipinski definition) is 1. The van der Waals surface area contributed by atoms with Crippen molar-refractivity contribution in [1.82, 2.24) is 14.1 Å². The van der Waals surface area contributed by atoms with E-state index < -0.39 is 11.2 Å². The molecule has 158 valence electrons. The largest absolute Gasteiger partial charge is 0.494 e. The van der Waals surface area contributed by atoms with Crippen molar-refractivity contribution in [3.05, 3.63) is 85.8 Å². The van der Waals surface area contributed by atoms with Gasteiger partial charge >= 0.3 is 5.69 Å². The van der Waals surface area contributed by atoms with Gasteiger partial charge in [-0.25, -0.2) is 4.79 Å². The average Bonchev–Trinajstić information content (AvgIpc) is 3.27. The molecule has 2 aliphatic heterocycles. The van der Waals surface area contributed by atoms with Crippen molar-refractivity contribution >= 4 is 22.9 Å². The molecule has 1 amide bonds. The smallest absolute Gasteiger partial charge is 0.352 e. The first-order valence-electron chi connectivity index (χ1n) is 9.70. The fraction of sp³-hybridized carbons (Fsp3) is 0.182. The summed E-state index contributed by atoms with van der Waals surface area (Å²) in [6.45, 7) is 2.54. The van der Waals surface area contributed by atoms with Crippen LogP contribution in [0, 0.1) is 0 Å². The van der Waals surface area contributed by atoms with E-state index in [1.807, 2.05) is 24.4 Å². The number of benzene rings is 1. The molecule has 1 N–H and O–H groups in total. The standard InChI is InChI=1S/C22H20N4O4S/c1-2-30-16-9-7-15(8-10-16)23-19(27)14-25-11-3-6-18-20(25)24-22(29)26(21(18)28)13-17-5-4-12-31-17/h3-12H,2,13-14H2,1H3,(H,23,27). The van der Waals surface area contributed by atoms with Crippen LogP contribution >= 0.6 is 11.3 Å². The molecule has 0 bridgehead atoms. The molecule has 31 heavy (non-hydrogen) atoms. The lowest BCUT2D eigenvalue weighted by Gasteiger charge is -2.15. The van der Waals surface area contributed by atoms with E-state index in [1.54, 1.807) is 42.6 Å². The minimum atomic E-state index is -0.641. The third-order valence-corrected chi connectivity index (χ3v) is 5.47. The Morgan fingerprint density at radius 2 is 1.94 bits per heavy atom. The van der Waals surface area contributed by atoms with Gasteiger partial charge in [-0.3, -0.25) is 14.2 Å². The van der Waals surface area contributed by atoms with Gasteiger partial charge in [0, 0.05) is 16.8 Å². The highest BCUT2D eigenvalue weighted by atomic mass is 32.1. The van der Waals surface area contributed by atoms with Gasteiger partial charge in [-0.2, -0.15) is 4.98 Å². The number of nitrogens with zero attached hydrogens (tertiary/aromatic N) is 3. The summed E-state index contributed by atoms with van der Waals surface area (Å²) in [6, 6.07) is 14.0. The molecule has 2 aromatic rings. The first-order valence-corrected chi connectivity index (χ1v) is 10.6. The highest BCUT2D eigenvalue weighted by Gasteiger charge is 2.18. The Morgan fingerprint density at radius 3 is 2.65 bits per heavy atom. The van der Waals surface area contributed by atoms with Crippen molar-refractivity contribution in [2.24, 2.45) is 0 Å². The Kier molecular flexibility index (Phi) is 5.94. The zero-order valence-electron chi connectivity index (χ0n) is 16.8. The molecule has 1 aromatic heterocycles. The lowest BCUT2D eigenvalue weighted by atomic mass is 10.2. The Balaban J connectivity index is 1.57. The van der Waals surface area contributed by atoms with E-state index in [1.165, 1.54) is 15.9 Å². The molecular formula is C22H20N4O4S. The molecule has 0 atom stereocenters. The molecular weight excluding hydrogens is 416 g/mol. The van der Waals surface area contributed by atoms with Gasteiger partial charge in [0.1, 0.15) is 12.3 Å². The Bertz CT molecular complexity index is 1280. The van der Waals surface area contributed by atoms with Crippen LogP contribution in [0.2, 0.25) is 0 Å². The minimum Gasteiger partial charge on any atom is -0.494 e. The second-order valence-corrected chi connectivity index (χ2v) is 7.78. The van der Waals surface area contributed by atoms with Crippen LogP contribution in [0.1, 0.15) is 11.8 Å². The van der Waals surface area contributed by atoms with Gasteiger partial charge in [0.05, 0.1) is 18.7 Å². The highest BCUT2D eigenvalue weighted by molar-refractivity contribution is 7.09. The molecule has 0 radical (unpaired) electrons. The van der Waals surface area contributed by atoms with Gasteiger partial charge in [0.2, 0.25) is 5.91 Å². The summed E-state index contributed by atoms with van der Waals surface area (Å²) in [7, 11) is 0. The van der Waals surface area contributed by atoms with Crippen LogP contribution in [-0.2, 0) is 17.9 Å². The monoisotopic (exact) mass is 436 g/mol. The van der Waals surface area contributed by atoms with E-state index in [0.29, 0.717) is 12.3 Å². The Hall–Kier alpha value is -3.72. The van der Waals surface area contributed by atoms with Crippen molar-refractivity contribution in [3.63, 3.8) is 0 Å². The normalized spacial score (nSPS) is 10.9. The SMILES string of the molecule is CCOc1ccc(NC(=O)Cn2cccc3c(=O)n(Cc4cccs4)c(=O)nc2-3)cc1. The molecule has 4 rings (SSSR count). The molecule has 0 fully saturated rings. The molecule has 9 heteroatoms. The molecule has 8 nitrogen and oxygen atoms in total. The maximum Gasteiger partial charge on any atom is 0.352 e. The summed E-state index contributed by atoms with van der Waals surface area (Å²) in [5, 5.41) is 4.68. The quantitative estimate of drug-likeness (QED) is 0.481. The van der Waals surface area contributed by atoms with E-state index in [9.17, 15) is 14.4 Å². The first-order chi connectivity index (χ1) is 15.0. The van der Waals surface area contributed by atoms with Gasteiger partial charge in [0.25, 0.3) is 5.56 Å². The molecule has 0 saturated carbocycles. The van der Waals surface area contributed by atoms with Gasteiger partial charge in [-0.1, -0.05) is 6.07 Å². The summed E-state index contributed by atoms with van der Waals surface area (Å²) in [5.74, 6) is 0.593. The number of carbonyl (C=O) groups excluding carboxylic acids is 1. The van der Waals surface area contributed by atoms with E-state index in [0.717, 1.165) is 15.2 Å². The minimum absolute atomic E-state index is 0.0919. The number of rotatable bonds is 7. The van der Waals surface area contributed by atoms with Crippen molar-refractivity contribution in [1.29, 1.82) is 0 Å².